The molecule has 1 heterocycles. The summed E-state index contributed by atoms with van der Waals surface area (Å²) in [6, 6.07) is 4.98. The summed E-state index contributed by atoms with van der Waals surface area (Å²) in [5.74, 6) is 1.90. The Kier molecular flexibility index (Phi) is 2.93. The third-order valence-electron chi connectivity index (χ3n) is 3.15. The van der Waals surface area contributed by atoms with Crippen molar-refractivity contribution in [3.63, 3.8) is 0 Å². The lowest BCUT2D eigenvalue weighted by atomic mass is 10.2. The van der Waals surface area contributed by atoms with Crippen LogP contribution in [0.2, 0.25) is 0 Å². The van der Waals surface area contributed by atoms with Crippen LogP contribution in [0.25, 0.3) is 0 Å². The maximum atomic E-state index is 3.62. The summed E-state index contributed by atoms with van der Waals surface area (Å²) >= 11 is 1.91. The SMILES string of the molecule is Cc1ccc(C(C)NCC2CC2C)s1. The van der Waals surface area contributed by atoms with Crippen molar-refractivity contribution >= 4 is 11.3 Å². The molecule has 3 unspecified atom stereocenters. The fraction of sp³-hybridized carbons (Fsp3) is 0.667. The molecule has 1 nitrogen and oxygen atoms in total. The molecule has 2 heteroatoms. The highest BCUT2D eigenvalue weighted by Crippen LogP contribution is 2.37. The van der Waals surface area contributed by atoms with E-state index in [1.54, 1.807) is 0 Å². The van der Waals surface area contributed by atoms with Crippen molar-refractivity contribution in [1.82, 2.24) is 5.32 Å². The van der Waals surface area contributed by atoms with Crippen LogP contribution in [0.1, 0.15) is 36.1 Å². The lowest BCUT2D eigenvalue weighted by Gasteiger charge is -2.11. The van der Waals surface area contributed by atoms with Crippen molar-refractivity contribution in [2.24, 2.45) is 11.8 Å². The van der Waals surface area contributed by atoms with Gasteiger partial charge in [0.15, 0.2) is 0 Å². The third-order valence-corrected chi connectivity index (χ3v) is 4.33. The third kappa shape index (κ3) is 2.37. The van der Waals surface area contributed by atoms with E-state index in [1.165, 1.54) is 22.7 Å². The lowest BCUT2D eigenvalue weighted by molar-refractivity contribution is 0.541. The summed E-state index contributed by atoms with van der Waals surface area (Å²) in [4.78, 5) is 2.88. The number of thiophene rings is 1. The van der Waals surface area contributed by atoms with E-state index in [4.69, 9.17) is 0 Å². The first-order valence-electron chi connectivity index (χ1n) is 5.46. The largest absolute Gasteiger partial charge is 0.309 e. The second kappa shape index (κ2) is 4.03. The molecule has 2 rings (SSSR count). The molecule has 0 radical (unpaired) electrons. The Morgan fingerprint density at radius 1 is 1.57 bits per heavy atom. The molecule has 78 valence electrons. The predicted molar refractivity (Wildman–Crippen MR) is 62.7 cm³/mol. The summed E-state index contributed by atoms with van der Waals surface area (Å²) in [6.45, 7) is 7.97. The molecule has 0 amide bonds. The summed E-state index contributed by atoms with van der Waals surface area (Å²) < 4.78 is 0. The second-order valence-corrected chi connectivity index (χ2v) is 5.87. The van der Waals surface area contributed by atoms with E-state index in [0.717, 1.165) is 11.8 Å². The van der Waals surface area contributed by atoms with E-state index in [1.807, 2.05) is 11.3 Å². The molecule has 1 aromatic rings. The molecule has 1 N–H and O–H groups in total. The molecule has 1 fully saturated rings. The van der Waals surface area contributed by atoms with Gasteiger partial charge in [-0.05, 0) is 50.8 Å². The average molecular weight is 209 g/mol. The minimum atomic E-state index is 0.529. The number of hydrogen-bond acceptors (Lipinski definition) is 2. The van der Waals surface area contributed by atoms with Gasteiger partial charge in [0.2, 0.25) is 0 Å². The van der Waals surface area contributed by atoms with Crippen LogP contribution in [0.4, 0.5) is 0 Å². The normalized spacial score (nSPS) is 27.6. The van der Waals surface area contributed by atoms with E-state index >= 15 is 0 Å². The van der Waals surface area contributed by atoms with Crippen LogP contribution in [0, 0.1) is 18.8 Å². The highest BCUT2D eigenvalue weighted by Gasteiger charge is 2.32. The van der Waals surface area contributed by atoms with Gasteiger partial charge in [-0.15, -0.1) is 11.3 Å². The van der Waals surface area contributed by atoms with E-state index < -0.39 is 0 Å². The molecule has 1 aliphatic carbocycles. The van der Waals surface area contributed by atoms with Crippen molar-refractivity contribution in [2.75, 3.05) is 6.54 Å². The van der Waals surface area contributed by atoms with E-state index in [9.17, 15) is 0 Å². The van der Waals surface area contributed by atoms with Crippen LogP contribution in [-0.2, 0) is 0 Å². The Bertz CT molecular complexity index is 305. The quantitative estimate of drug-likeness (QED) is 0.801. The number of nitrogens with one attached hydrogen (secondary N) is 1. The number of rotatable bonds is 4. The van der Waals surface area contributed by atoms with Crippen molar-refractivity contribution < 1.29 is 0 Å². The Morgan fingerprint density at radius 3 is 2.79 bits per heavy atom. The lowest BCUT2D eigenvalue weighted by Crippen LogP contribution is -2.20. The molecule has 0 spiro atoms. The van der Waals surface area contributed by atoms with Crippen LogP contribution in [0.15, 0.2) is 12.1 Å². The van der Waals surface area contributed by atoms with Crippen molar-refractivity contribution in [1.29, 1.82) is 0 Å². The van der Waals surface area contributed by atoms with Gasteiger partial charge in [-0.25, -0.2) is 0 Å². The molecular formula is C12H19NS. The van der Waals surface area contributed by atoms with E-state index in [0.29, 0.717) is 6.04 Å². The molecular weight excluding hydrogens is 190 g/mol. The first-order chi connectivity index (χ1) is 6.66. The van der Waals surface area contributed by atoms with Gasteiger partial charge in [-0.1, -0.05) is 6.92 Å². The summed E-state index contributed by atoms with van der Waals surface area (Å²) in [7, 11) is 0. The Morgan fingerprint density at radius 2 is 2.29 bits per heavy atom. The Labute approximate surface area is 90.5 Å². The molecule has 1 saturated carbocycles. The highest BCUT2D eigenvalue weighted by atomic mass is 32.1. The zero-order valence-corrected chi connectivity index (χ0v) is 10.0. The standard InChI is InChI=1S/C12H19NS/c1-8-6-11(8)7-13-10(3)12-5-4-9(2)14-12/h4-5,8,10-11,13H,6-7H2,1-3H3. The summed E-state index contributed by atoms with van der Waals surface area (Å²) in [5.41, 5.74) is 0. The molecule has 1 aromatic heterocycles. The fourth-order valence-electron chi connectivity index (χ4n) is 1.80. The molecule has 1 aliphatic rings. The molecule has 0 aliphatic heterocycles. The van der Waals surface area contributed by atoms with Gasteiger partial charge >= 0.3 is 0 Å². The maximum Gasteiger partial charge on any atom is 0.0386 e. The monoisotopic (exact) mass is 209 g/mol. The molecule has 0 saturated heterocycles. The zero-order chi connectivity index (χ0) is 10.1. The first-order valence-corrected chi connectivity index (χ1v) is 6.28. The van der Waals surface area contributed by atoms with Gasteiger partial charge in [-0.2, -0.15) is 0 Å². The second-order valence-electron chi connectivity index (χ2n) is 4.55. The Hall–Kier alpha value is -0.340. The smallest absolute Gasteiger partial charge is 0.0386 e. The first kappa shape index (κ1) is 10.2. The highest BCUT2D eigenvalue weighted by molar-refractivity contribution is 7.12. The Balaban J connectivity index is 1.80. The van der Waals surface area contributed by atoms with Gasteiger partial charge in [0, 0.05) is 15.8 Å². The molecule has 0 aromatic carbocycles. The van der Waals surface area contributed by atoms with E-state index in [2.05, 4.69) is 38.2 Å². The zero-order valence-electron chi connectivity index (χ0n) is 9.21. The van der Waals surface area contributed by atoms with Crippen molar-refractivity contribution in [3.8, 4) is 0 Å². The summed E-state index contributed by atoms with van der Waals surface area (Å²) in [5, 5.41) is 3.62. The number of aryl methyl sites for hydroxylation is 1. The van der Waals surface area contributed by atoms with Crippen LogP contribution >= 0.6 is 11.3 Å². The number of hydrogen-bond donors (Lipinski definition) is 1. The topological polar surface area (TPSA) is 12.0 Å². The van der Waals surface area contributed by atoms with Crippen LogP contribution < -0.4 is 5.32 Å². The van der Waals surface area contributed by atoms with Gasteiger partial charge in [0.1, 0.15) is 0 Å². The van der Waals surface area contributed by atoms with Crippen molar-refractivity contribution in [3.05, 3.63) is 21.9 Å². The minimum Gasteiger partial charge on any atom is -0.309 e. The van der Waals surface area contributed by atoms with Crippen LogP contribution in [0.3, 0.4) is 0 Å². The average Bonchev–Trinajstić information content (AvgIpc) is 2.66. The van der Waals surface area contributed by atoms with Crippen LogP contribution in [-0.4, -0.2) is 6.54 Å². The van der Waals surface area contributed by atoms with Gasteiger partial charge < -0.3 is 5.32 Å². The van der Waals surface area contributed by atoms with Gasteiger partial charge in [0.05, 0.1) is 0 Å². The van der Waals surface area contributed by atoms with Gasteiger partial charge in [0.25, 0.3) is 0 Å². The molecule has 14 heavy (non-hydrogen) atoms. The van der Waals surface area contributed by atoms with E-state index in [-0.39, 0.29) is 0 Å². The molecule has 3 atom stereocenters. The van der Waals surface area contributed by atoms with Crippen LogP contribution in [0.5, 0.6) is 0 Å². The maximum absolute atomic E-state index is 3.62. The predicted octanol–water partition coefficient (Wildman–Crippen LogP) is 3.36. The van der Waals surface area contributed by atoms with Crippen molar-refractivity contribution in [2.45, 2.75) is 33.2 Å². The summed E-state index contributed by atoms with van der Waals surface area (Å²) in [6.07, 6.45) is 1.42. The fourth-order valence-corrected chi connectivity index (χ4v) is 2.70. The minimum absolute atomic E-state index is 0.529. The van der Waals surface area contributed by atoms with Gasteiger partial charge in [-0.3, -0.25) is 0 Å². The molecule has 0 bridgehead atoms.